The van der Waals surface area contributed by atoms with Crippen LogP contribution in [-0.2, 0) is 4.74 Å². The molecule has 3 aliphatic rings. The van der Waals surface area contributed by atoms with Gasteiger partial charge in [-0.05, 0) is 50.9 Å². The van der Waals surface area contributed by atoms with Gasteiger partial charge in [0.2, 0.25) is 0 Å². The molecule has 3 rings (SSSR count). The lowest BCUT2D eigenvalue weighted by atomic mass is 9.85. The molecule has 0 aromatic rings. The van der Waals surface area contributed by atoms with Gasteiger partial charge in [-0.2, -0.15) is 0 Å². The SMILES string of the molecule is NC1(CCC2CC3CCC2O3)CC1. The van der Waals surface area contributed by atoms with Crippen molar-refractivity contribution < 1.29 is 4.74 Å². The molecule has 2 bridgehead atoms. The summed E-state index contributed by atoms with van der Waals surface area (Å²) < 4.78 is 5.83. The maximum Gasteiger partial charge on any atom is 0.0609 e. The van der Waals surface area contributed by atoms with Crippen molar-refractivity contribution in [2.45, 2.75) is 62.7 Å². The predicted molar refractivity (Wildman–Crippen MR) is 51.4 cm³/mol. The van der Waals surface area contributed by atoms with Crippen LogP contribution in [-0.4, -0.2) is 17.7 Å². The highest BCUT2D eigenvalue weighted by Gasteiger charge is 2.43. The van der Waals surface area contributed by atoms with E-state index in [-0.39, 0.29) is 5.54 Å². The van der Waals surface area contributed by atoms with Gasteiger partial charge in [-0.15, -0.1) is 0 Å². The van der Waals surface area contributed by atoms with Gasteiger partial charge in [0.15, 0.2) is 0 Å². The van der Waals surface area contributed by atoms with Crippen LogP contribution in [0.4, 0.5) is 0 Å². The number of nitrogens with two attached hydrogens (primary N) is 1. The Morgan fingerprint density at radius 2 is 2.15 bits per heavy atom. The van der Waals surface area contributed by atoms with Gasteiger partial charge < -0.3 is 10.5 Å². The van der Waals surface area contributed by atoms with Crippen LogP contribution in [0, 0.1) is 5.92 Å². The summed E-state index contributed by atoms with van der Waals surface area (Å²) in [6.45, 7) is 0. The molecule has 1 saturated carbocycles. The summed E-state index contributed by atoms with van der Waals surface area (Å²) in [5.41, 5.74) is 6.33. The summed E-state index contributed by atoms with van der Waals surface area (Å²) in [7, 11) is 0. The Bertz CT molecular complexity index is 212. The summed E-state index contributed by atoms with van der Waals surface area (Å²) in [6, 6.07) is 0. The number of fused-ring (bicyclic) bond motifs is 2. The van der Waals surface area contributed by atoms with Crippen molar-refractivity contribution in [3.63, 3.8) is 0 Å². The molecule has 2 nitrogen and oxygen atoms in total. The van der Waals surface area contributed by atoms with Crippen molar-refractivity contribution in [1.29, 1.82) is 0 Å². The second kappa shape index (κ2) is 2.71. The van der Waals surface area contributed by atoms with Crippen LogP contribution >= 0.6 is 0 Å². The zero-order valence-electron chi connectivity index (χ0n) is 8.17. The first-order valence-corrected chi connectivity index (χ1v) is 5.70. The van der Waals surface area contributed by atoms with Crippen molar-refractivity contribution in [3.05, 3.63) is 0 Å². The molecule has 13 heavy (non-hydrogen) atoms. The van der Waals surface area contributed by atoms with Crippen molar-refractivity contribution in [3.8, 4) is 0 Å². The normalized spacial score (nSPS) is 45.5. The second-order valence-electron chi connectivity index (χ2n) is 5.27. The fourth-order valence-electron chi connectivity index (χ4n) is 2.93. The van der Waals surface area contributed by atoms with E-state index in [1.807, 2.05) is 0 Å². The Morgan fingerprint density at radius 3 is 2.69 bits per heavy atom. The van der Waals surface area contributed by atoms with Crippen LogP contribution in [0.3, 0.4) is 0 Å². The molecule has 0 spiro atoms. The van der Waals surface area contributed by atoms with Crippen molar-refractivity contribution in [2.75, 3.05) is 0 Å². The van der Waals surface area contributed by atoms with Gasteiger partial charge in [0, 0.05) is 5.54 Å². The molecular weight excluding hydrogens is 162 g/mol. The molecule has 2 heterocycles. The van der Waals surface area contributed by atoms with Crippen molar-refractivity contribution in [2.24, 2.45) is 11.7 Å². The lowest BCUT2D eigenvalue weighted by molar-refractivity contribution is 0.0905. The van der Waals surface area contributed by atoms with Crippen LogP contribution in [0.2, 0.25) is 0 Å². The molecular formula is C11H19NO. The van der Waals surface area contributed by atoms with Crippen LogP contribution in [0.1, 0.15) is 44.9 Å². The first kappa shape index (κ1) is 8.25. The highest BCUT2D eigenvalue weighted by atomic mass is 16.5. The van der Waals surface area contributed by atoms with Gasteiger partial charge in [-0.3, -0.25) is 0 Å². The highest BCUT2D eigenvalue weighted by Crippen LogP contribution is 2.44. The number of hydrogen-bond acceptors (Lipinski definition) is 2. The minimum atomic E-state index is 0.252. The maximum atomic E-state index is 6.08. The molecule has 2 saturated heterocycles. The highest BCUT2D eigenvalue weighted by molar-refractivity contribution is 5.00. The fraction of sp³-hybridized carbons (Fsp3) is 1.00. The molecule has 0 aromatic carbocycles. The smallest absolute Gasteiger partial charge is 0.0609 e. The third kappa shape index (κ3) is 1.50. The molecule has 3 fully saturated rings. The minimum Gasteiger partial charge on any atom is -0.375 e. The number of rotatable bonds is 3. The largest absolute Gasteiger partial charge is 0.375 e. The first-order chi connectivity index (χ1) is 6.25. The Balaban J connectivity index is 1.51. The first-order valence-electron chi connectivity index (χ1n) is 5.70. The Labute approximate surface area is 79.8 Å². The number of hydrogen-bond donors (Lipinski definition) is 1. The van der Waals surface area contributed by atoms with Gasteiger partial charge in [0.25, 0.3) is 0 Å². The van der Waals surface area contributed by atoms with Crippen LogP contribution in [0.5, 0.6) is 0 Å². The third-order valence-corrected chi connectivity index (χ3v) is 4.14. The van der Waals surface area contributed by atoms with E-state index in [9.17, 15) is 0 Å². The molecule has 2 N–H and O–H groups in total. The van der Waals surface area contributed by atoms with E-state index >= 15 is 0 Å². The van der Waals surface area contributed by atoms with Gasteiger partial charge in [-0.25, -0.2) is 0 Å². The van der Waals surface area contributed by atoms with Crippen molar-refractivity contribution >= 4 is 0 Å². The molecule has 1 aliphatic carbocycles. The lowest BCUT2D eigenvalue weighted by Crippen LogP contribution is -2.25. The molecule has 0 aromatic heterocycles. The van der Waals surface area contributed by atoms with E-state index in [0.717, 1.165) is 5.92 Å². The van der Waals surface area contributed by atoms with Gasteiger partial charge in [0.05, 0.1) is 12.2 Å². The molecule has 2 heteroatoms. The molecule has 74 valence electrons. The molecule has 3 atom stereocenters. The van der Waals surface area contributed by atoms with E-state index in [1.54, 1.807) is 0 Å². The number of ether oxygens (including phenoxy) is 1. The Morgan fingerprint density at radius 1 is 1.31 bits per heavy atom. The topological polar surface area (TPSA) is 35.2 Å². The van der Waals surface area contributed by atoms with Gasteiger partial charge in [-0.1, -0.05) is 0 Å². The summed E-state index contributed by atoms with van der Waals surface area (Å²) in [5, 5.41) is 0. The quantitative estimate of drug-likeness (QED) is 0.721. The summed E-state index contributed by atoms with van der Waals surface area (Å²) in [6.07, 6.45) is 10.2. The average Bonchev–Trinajstić information content (AvgIpc) is 2.63. The summed E-state index contributed by atoms with van der Waals surface area (Å²) >= 11 is 0. The second-order valence-corrected chi connectivity index (χ2v) is 5.27. The summed E-state index contributed by atoms with van der Waals surface area (Å²) in [4.78, 5) is 0. The fourth-order valence-corrected chi connectivity index (χ4v) is 2.93. The van der Waals surface area contributed by atoms with Crippen LogP contribution in [0.25, 0.3) is 0 Å². The zero-order chi connectivity index (χ0) is 8.89. The monoisotopic (exact) mass is 181 g/mol. The maximum absolute atomic E-state index is 6.08. The van der Waals surface area contributed by atoms with E-state index in [2.05, 4.69) is 0 Å². The average molecular weight is 181 g/mol. The summed E-state index contributed by atoms with van der Waals surface area (Å²) in [5.74, 6) is 0.847. The van der Waals surface area contributed by atoms with Crippen LogP contribution in [0.15, 0.2) is 0 Å². The van der Waals surface area contributed by atoms with E-state index in [0.29, 0.717) is 12.2 Å². The minimum absolute atomic E-state index is 0.252. The van der Waals surface area contributed by atoms with E-state index in [1.165, 1.54) is 44.9 Å². The third-order valence-electron chi connectivity index (χ3n) is 4.14. The molecule has 0 amide bonds. The molecule has 3 unspecified atom stereocenters. The molecule has 0 radical (unpaired) electrons. The Kier molecular flexibility index (Phi) is 1.72. The van der Waals surface area contributed by atoms with E-state index in [4.69, 9.17) is 10.5 Å². The van der Waals surface area contributed by atoms with Gasteiger partial charge >= 0.3 is 0 Å². The van der Waals surface area contributed by atoms with Crippen molar-refractivity contribution in [1.82, 2.24) is 0 Å². The standard InChI is InChI=1S/C11H19NO/c12-11(5-6-11)4-3-8-7-9-1-2-10(8)13-9/h8-10H,1-7,12H2. The van der Waals surface area contributed by atoms with E-state index < -0.39 is 0 Å². The van der Waals surface area contributed by atoms with Gasteiger partial charge in [0.1, 0.15) is 0 Å². The predicted octanol–water partition coefficient (Wildman–Crippen LogP) is 1.83. The molecule has 2 aliphatic heterocycles. The lowest BCUT2D eigenvalue weighted by Gasteiger charge is -2.19. The van der Waals surface area contributed by atoms with Crippen LogP contribution < -0.4 is 5.73 Å². The Hall–Kier alpha value is -0.0800. The zero-order valence-corrected chi connectivity index (χ0v) is 8.17.